The predicted molar refractivity (Wildman–Crippen MR) is 138 cm³/mol. The Hall–Kier alpha value is -2.99. The zero-order valence-electron chi connectivity index (χ0n) is 19.5. The number of benzene rings is 3. The molecule has 2 aliphatic carbocycles. The van der Waals surface area contributed by atoms with Gasteiger partial charge in [0.1, 0.15) is 0 Å². The van der Waals surface area contributed by atoms with Crippen LogP contribution in [-0.4, -0.2) is 17.6 Å². The minimum Gasteiger partial charge on any atom is -0.325 e. The lowest BCUT2D eigenvalue weighted by atomic mass is 9.64. The second-order valence-electron chi connectivity index (χ2n) is 10.1. The van der Waals surface area contributed by atoms with Gasteiger partial charge in [0.05, 0.1) is 16.7 Å². The van der Waals surface area contributed by atoms with E-state index in [1.807, 2.05) is 42.5 Å². The summed E-state index contributed by atoms with van der Waals surface area (Å²) in [6, 6.07) is 21.0. The molecule has 5 nitrogen and oxygen atoms in total. The number of carbonyl (C=O) groups is 2. The van der Waals surface area contributed by atoms with Crippen LogP contribution in [0.3, 0.4) is 0 Å². The third-order valence-electron chi connectivity index (χ3n) is 8.52. The molecule has 2 fully saturated rings. The molecule has 0 aliphatic heterocycles. The van der Waals surface area contributed by atoms with Crippen LogP contribution in [-0.2, 0) is 9.63 Å². The van der Waals surface area contributed by atoms with Crippen molar-refractivity contribution in [3.05, 3.63) is 76.8 Å². The highest BCUT2D eigenvalue weighted by molar-refractivity contribution is 9.10. The zero-order valence-corrected chi connectivity index (χ0v) is 21.1. The van der Waals surface area contributed by atoms with E-state index in [-0.39, 0.29) is 16.7 Å². The molecule has 1 N–H and O–H groups in total. The Balaban J connectivity index is 1.43. The highest BCUT2D eigenvalue weighted by atomic mass is 79.9. The van der Waals surface area contributed by atoms with Crippen LogP contribution in [0.2, 0.25) is 0 Å². The number of rotatable bonds is 4. The molecule has 0 radical (unpaired) electrons. The summed E-state index contributed by atoms with van der Waals surface area (Å²) in [5.41, 5.74) is 0.724. The standard InChI is InChI=1S/C28H27BrN2O3/c1-26(2)27(3)15-16-28(26,17-23(27)31-34-24(32)19-11-13-20(29)14-12-19)25(33)30-22-10-6-8-18-7-4-5-9-21(18)22/h4-14H,15-17H2,1-3H3,(H,30,33). The molecule has 174 valence electrons. The number of carbonyl (C=O) groups excluding carboxylic acids is 2. The lowest BCUT2D eigenvalue weighted by Crippen LogP contribution is -2.43. The second-order valence-corrected chi connectivity index (χ2v) is 11.0. The van der Waals surface area contributed by atoms with Gasteiger partial charge in [0.25, 0.3) is 0 Å². The Kier molecular flexibility index (Phi) is 5.40. The molecule has 0 saturated heterocycles. The fourth-order valence-corrected chi connectivity index (χ4v) is 6.10. The molecule has 0 heterocycles. The van der Waals surface area contributed by atoms with Crippen LogP contribution in [0.25, 0.3) is 10.8 Å². The van der Waals surface area contributed by atoms with E-state index >= 15 is 0 Å². The van der Waals surface area contributed by atoms with E-state index in [9.17, 15) is 9.59 Å². The van der Waals surface area contributed by atoms with Crippen molar-refractivity contribution in [2.75, 3.05) is 5.32 Å². The molecular weight excluding hydrogens is 492 g/mol. The molecule has 34 heavy (non-hydrogen) atoms. The molecular formula is C28H27BrN2O3. The van der Waals surface area contributed by atoms with Gasteiger partial charge in [0.15, 0.2) is 0 Å². The first kappa shape index (κ1) is 22.8. The predicted octanol–water partition coefficient (Wildman–Crippen LogP) is 6.97. The van der Waals surface area contributed by atoms with Crippen molar-refractivity contribution in [3.63, 3.8) is 0 Å². The Morgan fingerprint density at radius 3 is 2.41 bits per heavy atom. The number of oxime groups is 1. The number of hydrogen-bond donors (Lipinski definition) is 1. The van der Waals surface area contributed by atoms with Crippen molar-refractivity contribution >= 4 is 50.0 Å². The van der Waals surface area contributed by atoms with Crippen LogP contribution in [0.5, 0.6) is 0 Å². The largest absolute Gasteiger partial charge is 0.365 e. The maximum atomic E-state index is 13.9. The van der Waals surface area contributed by atoms with E-state index in [4.69, 9.17) is 4.84 Å². The number of halogens is 1. The molecule has 2 bridgehead atoms. The summed E-state index contributed by atoms with van der Waals surface area (Å²) in [6.07, 6.45) is 2.06. The van der Waals surface area contributed by atoms with Gasteiger partial charge in [-0.15, -0.1) is 0 Å². The maximum absolute atomic E-state index is 13.9. The van der Waals surface area contributed by atoms with Crippen molar-refractivity contribution in [3.8, 4) is 0 Å². The zero-order chi connectivity index (χ0) is 24.1. The van der Waals surface area contributed by atoms with Crippen LogP contribution >= 0.6 is 15.9 Å². The first-order valence-corrected chi connectivity index (χ1v) is 12.3. The lowest BCUT2D eigenvalue weighted by Gasteiger charge is -2.39. The molecule has 0 spiro atoms. The van der Waals surface area contributed by atoms with Gasteiger partial charge < -0.3 is 10.2 Å². The molecule has 2 saturated carbocycles. The Labute approximate surface area is 207 Å². The minimum absolute atomic E-state index is 0.00186. The number of amides is 1. The summed E-state index contributed by atoms with van der Waals surface area (Å²) in [5, 5.41) is 9.66. The fraction of sp³-hybridized carbons (Fsp3) is 0.321. The molecule has 5 rings (SSSR count). The first-order valence-electron chi connectivity index (χ1n) is 11.5. The van der Waals surface area contributed by atoms with E-state index in [2.05, 4.69) is 47.2 Å². The van der Waals surface area contributed by atoms with Gasteiger partial charge >= 0.3 is 5.97 Å². The topological polar surface area (TPSA) is 67.8 Å². The molecule has 3 aromatic rings. The highest BCUT2D eigenvalue weighted by Crippen LogP contribution is 2.71. The average Bonchev–Trinajstić information content (AvgIpc) is 3.14. The SMILES string of the molecule is CC12CCC(C(=O)Nc3cccc4ccccc34)(CC1=NOC(=O)c1ccc(Br)cc1)C2(C)C. The summed E-state index contributed by atoms with van der Waals surface area (Å²) in [4.78, 5) is 31.8. The van der Waals surface area contributed by atoms with Gasteiger partial charge in [0, 0.05) is 27.4 Å². The fourth-order valence-electron chi connectivity index (χ4n) is 5.83. The smallest absolute Gasteiger partial charge is 0.325 e. The molecule has 0 aromatic heterocycles. The van der Waals surface area contributed by atoms with Crippen molar-refractivity contribution in [1.82, 2.24) is 0 Å². The summed E-state index contributed by atoms with van der Waals surface area (Å²) >= 11 is 3.37. The molecule has 2 unspecified atom stereocenters. The Morgan fingerprint density at radius 2 is 1.65 bits per heavy atom. The first-order chi connectivity index (χ1) is 16.2. The number of hydrogen-bond acceptors (Lipinski definition) is 4. The monoisotopic (exact) mass is 518 g/mol. The van der Waals surface area contributed by atoms with Crippen LogP contribution in [0.15, 0.2) is 76.4 Å². The number of nitrogens with zero attached hydrogens (tertiary/aromatic N) is 1. The number of fused-ring (bicyclic) bond motifs is 3. The molecule has 2 atom stereocenters. The van der Waals surface area contributed by atoms with E-state index < -0.39 is 11.4 Å². The van der Waals surface area contributed by atoms with E-state index in [1.165, 1.54) is 0 Å². The van der Waals surface area contributed by atoms with Crippen molar-refractivity contribution in [1.29, 1.82) is 0 Å². The summed E-state index contributed by atoms with van der Waals surface area (Å²) in [6.45, 7) is 6.42. The third-order valence-corrected chi connectivity index (χ3v) is 9.05. The summed E-state index contributed by atoms with van der Waals surface area (Å²) < 4.78 is 0.886. The highest BCUT2D eigenvalue weighted by Gasteiger charge is 2.71. The van der Waals surface area contributed by atoms with Gasteiger partial charge in [-0.2, -0.15) is 0 Å². The van der Waals surface area contributed by atoms with Gasteiger partial charge in [-0.25, -0.2) is 4.79 Å². The second kappa shape index (κ2) is 8.05. The number of nitrogens with one attached hydrogen (secondary N) is 1. The van der Waals surface area contributed by atoms with Gasteiger partial charge in [-0.3, -0.25) is 4.79 Å². The van der Waals surface area contributed by atoms with Crippen LogP contribution in [0, 0.1) is 16.2 Å². The molecule has 3 aromatic carbocycles. The normalized spacial score (nSPS) is 26.1. The molecule has 1 amide bonds. The minimum atomic E-state index is -0.623. The van der Waals surface area contributed by atoms with Gasteiger partial charge in [-0.05, 0) is 54.0 Å². The van der Waals surface area contributed by atoms with E-state index in [0.29, 0.717) is 12.0 Å². The molecule has 6 heteroatoms. The quantitative estimate of drug-likeness (QED) is 0.299. The van der Waals surface area contributed by atoms with E-state index in [0.717, 1.165) is 39.5 Å². The van der Waals surface area contributed by atoms with Crippen LogP contribution in [0.1, 0.15) is 50.4 Å². The van der Waals surface area contributed by atoms with E-state index in [1.54, 1.807) is 24.3 Å². The third kappa shape index (κ3) is 3.30. The Morgan fingerprint density at radius 1 is 0.941 bits per heavy atom. The van der Waals surface area contributed by atoms with Crippen molar-refractivity contribution < 1.29 is 14.4 Å². The maximum Gasteiger partial charge on any atom is 0.365 e. The average molecular weight is 519 g/mol. The van der Waals surface area contributed by atoms with Crippen LogP contribution < -0.4 is 5.32 Å². The Bertz CT molecular complexity index is 1330. The lowest BCUT2D eigenvalue weighted by molar-refractivity contribution is -0.130. The summed E-state index contributed by atoms with van der Waals surface area (Å²) in [7, 11) is 0. The molecule has 2 aliphatic rings. The van der Waals surface area contributed by atoms with Crippen molar-refractivity contribution in [2.45, 2.75) is 40.0 Å². The van der Waals surface area contributed by atoms with Crippen molar-refractivity contribution in [2.24, 2.45) is 21.4 Å². The van der Waals surface area contributed by atoms with Gasteiger partial charge in [0.2, 0.25) is 5.91 Å². The number of anilines is 1. The van der Waals surface area contributed by atoms with Gasteiger partial charge in [-0.1, -0.05) is 78.3 Å². The van der Waals surface area contributed by atoms with Crippen LogP contribution in [0.4, 0.5) is 5.69 Å². The summed E-state index contributed by atoms with van der Waals surface area (Å²) in [5.74, 6) is -0.500.